The Hall–Kier alpha value is -1.67. The van der Waals surface area contributed by atoms with Crippen LogP contribution >= 0.6 is 34.5 Å². The molecular weight excluding hydrogens is 411 g/mol. The van der Waals surface area contributed by atoms with E-state index in [9.17, 15) is 9.59 Å². The molecular formula is C18H20Cl2N2O4S. The van der Waals surface area contributed by atoms with Crippen molar-refractivity contribution in [1.82, 2.24) is 9.88 Å². The standard InChI is InChI=1S/C18H20Cl2N2O4S/c1-3-26-18(24)15-11-27-16(21-15)10-22(7-4-8-25-2)17(23)12-5-6-13(19)14(20)9-12/h5-6,9,11H,3-4,7-8,10H2,1-2H3. The summed E-state index contributed by atoms with van der Waals surface area (Å²) >= 11 is 13.3. The predicted molar refractivity (Wildman–Crippen MR) is 106 cm³/mol. The van der Waals surface area contributed by atoms with Gasteiger partial charge in [0, 0.05) is 31.2 Å². The summed E-state index contributed by atoms with van der Waals surface area (Å²) in [5, 5.41) is 2.98. The van der Waals surface area contributed by atoms with Gasteiger partial charge < -0.3 is 14.4 Å². The van der Waals surface area contributed by atoms with Gasteiger partial charge in [0.2, 0.25) is 0 Å². The summed E-state index contributed by atoms with van der Waals surface area (Å²) in [6.45, 7) is 3.29. The van der Waals surface area contributed by atoms with E-state index in [2.05, 4.69) is 4.98 Å². The molecule has 0 saturated heterocycles. The zero-order valence-electron chi connectivity index (χ0n) is 15.0. The fourth-order valence-corrected chi connectivity index (χ4v) is 3.39. The number of thiazole rings is 1. The number of carbonyl (C=O) groups is 2. The van der Waals surface area contributed by atoms with Crippen molar-refractivity contribution in [1.29, 1.82) is 0 Å². The highest BCUT2D eigenvalue weighted by Gasteiger charge is 2.20. The van der Waals surface area contributed by atoms with Crippen LogP contribution in [0.3, 0.4) is 0 Å². The Morgan fingerprint density at radius 3 is 2.70 bits per heavy atom. The zero-order valence-corrected chi connectivity index (χ0v) is 17.4. The van der Waals surface area contributed by atoms with Crippen molar-refractivity contribution in [3.8, 4) is 0 Å². The third-order valence-electron chi connectivity index (χ3n) is 3.59. The van der Waals surface area contributed by atoms with E-state index in [4.69, 9.17) is 32.7 Å². The first kappa shape index (κ1) is 21.6. The van der Waals surface area contributed by atoms with Gasteiger partial charge in [0.25, 0.3) is 5.91 Å². The third-order valence-corrected chi connectivity index (χ3v) is 5.17. The van der Waals surface area contributed by atoms with Crippen LogP contribution in [0.25, 0.3) is 0 Å². The largest absolute Gasteiger partial charge is 0.461 e. The molecule has 146 valence electrons. The molecule has 0 spiro atoms. The molecule has 27 heavy (non-hydrogen) atoms. The van der Waals surface area contributed by atoms with Crippen LogP contribution in [0.2, 0.25) is 10.0 Å². The van der Waals surface area contributed by atoms with E-state index in [1.165, 1.54) is 11.3 Å². The number of aromatic nitrogens is 1. The number of nitrogens with zero attached hydrogens (tertiary/aromatic N) is 2. The second-order valence-electron chi connectivity index (χ2n) is 5.55. The number of hydrogen-bond acceptors (Lipinski definition) is 6. The smallest absolute Gasteiger partial charge is 0.357 e. The summed E-state index contributed by atoms with van der Waals surface area (Å²) in [4.78, 5) is 30.6. The van der Waals surface area contributed by atoms with Crippen LogP contribution in [0.15, 0.2) is 23.6 Å². The Kier molecular flexibility index (Phi) is 8.50. The monoisotopic (exact) mass is 430 g/mol. The molecule has 6 nitrogen and oxygen atoms in total. The first-order chi connectivity index (χ1) is 13.0. The fourth-order valence-electron chi connectivity index (χ4n) is 2.31. The number of rotatable bonds is 9. The van der Waals surface area contributed by atoms with E-state index in [0.717, 1.165) is 0 Å². The van der Waals surface area contributed by atoms with Crippen molar-refractivity contribution in [2.45, 2.75) is 19.9 Å². The minimum atomic E-state index is -0.471. The number of carbonyl (C=O) groups excluding carboxylic acids is 2. The molecule has 0 bridgehead atoms. The van der Waals surface area contributed by atoms with Crippen molar-refractivity contribution in [2.75, 3.05) is 26.9 Å². The van der Waals surface area contributed by atoms with Crippen LogP contribution in [0.4, 0.5) is 0 Å². The molecule has 9 heteroatoms. The minimum absolute atomic E-state index is 0.197. The van der Waals surface area contributed by atoms with Crippen LogP contribution in [-0.4, -0.2) is 48.6 Å². The van der Waals surface area contributed by atoms with Gasteiger partial charge in [-0.2, -0.15) is 0 Å². The van der Waals surface area contributed by atoms with Crippen LogP contribution in [0, 0.1) is 0 Å². The van der Waals surface area contributed by atoms with Crippen molar-refractivity contribution in [2.24, 2.45) is 0 Å². The maximum atomic E-state index is 12.9. The van der Waals surface area contributed by atoms with E-state index in [0.29, 0.717) is 40.2 Å². The topological polar surface area (TPSA) is 68.7 Å². The van der Waals surface area contributed by atoms with Crippen molar-refractivity contribution in [3.63, 3.8) is 0 Å². The van der Waals surface area contributed by atoms with Crippen LogP contribution in [0.5, 0.6) is 0 Å². The molecule has 1 aromatic carbocycles. The Morgan fingerprint density at radius 1 is 1.26 bits per heavy atom. The lowest BCUT2D eigenvalue weighted by atomic mass is 10.2. The van der Waals surface area contributed by atoms with Gasteiger partial charge in [-0.15, -0.1) is 11.3 Å². The average molecular weight is 431 g/mol. The number of amides is 1. The molecule has 0 aliphatic heterocycles. The Labute approximate surface area is 172 Å². The molecule has 1 amide bonds. The highest BCUT2D eigenvalue weighted by molar-refractivity contribution is 7.09. The molecule has 2 rings (SSSR count). The van der Waals surface area contributed by atoms with Gasteiger partial charge in [-0.05, 0) is 31.5 Å². The summed E-state index contributed by atoms with van der Waals surface area (Å²) in [6, 6.07) is 4.76. The lowest BCUT2D eigenvalue weighted by molar-refractivity contribution is 0.0520. The van der Waals surface area contributed by atoms with Crippen LogP contribution < -0.4 is 0 Å². The molecule has 0 aliphatic carbocycles. The Balaban J connectivity index is 2.17. The SMILES string of the molecule is CCOC(=O)c1csc(CN(CCCOC)C(=O)c2ccc(Cl)c(Cl)c2)n1. The van der Waals surface area contributed by atoms with Gasteiger partial charge in [-0.25, -0.2) is 9.78 Å². The highest BCUT2D eigenvalue weighted by Crippen LogP contribution is 2.24. The second kappa shape index (κ2) is 10.6. The quantitative estimate of drug-likeness (QED) is 0.437. The molecule has 0 N–H and O–H groups in total. The van der Waals surface area contributed by atoms with Gasteiger partial charge in [0.1, 0.15) is 5.01 Å². The van der Waals surface area contributed by atoms with Crippen molar-refractivity contribution >= 4 is 46.4 Å². The van der Waals surface area contributed by atoms with E-state index in [1.807, 2.05) is 0 Å². The second-order valence-corrected chi connectivity index (χ2v) is 7.31. The number of hydrogen-bond donors (Lipinski definition) is 0. The van der Waals surface area contributed by atoms with E-state index >= 15 is 0 Å². The molecule has 1 aromatic heterocycles. The third kappa shape index (κ3) is 6.17. The Morgan fingerprint density at radius 2 is 2.04 bits per heavy atom. The molecule has 0 atom stereocenters. The molecule has 0 aliphatic rings. The normalized spacial score (nSPS) is 10.7. The first-order valence-electron chi connectivity index (χ1n) is 8.31. The fraction of sp³-hybridized carbons (Fsp3) is 0.389. The number of benzene rings is 1. The summed E-state index contributed by atoms with van der Waals surface area (Å²) in [5.41, 5.74) is 0.680. The number of ether oxygens (including phenoxy) is 2. The molecule has 1 heterocycles. The first-order valence-corrected chi connectivity index (χ1v) is 9.94. The average Bonchev–Trinajstić information content (AvgIpc) is 3.12. The lowest BCUT2D eigenvalue weighted by Gasteiger charge is -2.22. The maximum absolute atomic E-state index is 12.9. The summed E-state index contributed by atoms with van der Waals surface area (Å²) in [5.74, 6) is -0.667. The number of methoxy groups -OCH3 is 1. The van der Waals surface area contributed by atoms with E-state index in [1.54, 1.807) is 42.5 Å². The van der Waals surface area contributed by atoms with Crippen LogP contribution in [-0.2, 0) is 16.0 Å². The van der Waals surface area contributed by atoms with Gasteiger partial charge in [-0.1, -0.05) is 23.2 Å². The van der Waals surface area contributed by atoms with Gasteiger partial charge in [-0.3, -0.25) is 4.79 Å². The molecule has 0 saturated carbocycles. The minimum Gasteiger partial charge on any atom is -0.461 e. The molecule has 0 unspecified atom stereocenters. The maximum Gasteiger partial charge on any atom is 0.357 e. The summed E-state index contributed by atoms with van der Waals surface area (Å²) in [6.07, 6.45) is 0.666. The Bertz CT molecular complexity index is 797. The van der Waals surface area contributed by atoms with Crippen LogP contribution in [0.1, 0.15) is 39.2 Å². The molecule has 0 fully saturated rings. The number of esters is 1. The van der Waals surface area contributed by atoms with Gasteiger partial charge in [0.15, 0.2) is 5.69 Å². The molecule has 0 radical (unpaired) electrons. The lowest BCUT2D eigenvalue weighted by Crippen LogP contribution is -2.32. The number of halogens is 2. The van der Waals surface area contributed by atoms with Gasteiger partial charge >= 0.3 is 5.97 Å². The summed E-state index contributed by atoms with van der Waals surface area (Å²) in [7, 11) is 1.61. The van der Waals surface area contributed by atoms with E-state index < -0.39 is 5.97 Å². The zero-order chi connectivity index (χ0) is 19.8. The highest BCUT2D eigenvalue weighted by atomic mass is 35.5. The summed E-state index contributed by atoms with van der Waals surface area (Å²) < 4.78 is 10.0. The van der Waals surface area contributed by atoms with Crippen molar-refractivity contribution in [3.05, 3.63) is 49.9 Å². The van der Waals surface area contributed by atoms with Gasteiger partial charge in [0.05, 0.1) is 23.2 Å². The van der Waals surface area contributed by atoms with Crippen molar-refractivity contribution < 1.29 is 19.1 Å². The predicted octanol–water partition coefficient (Wildman–Crippen LogP) is 4.31. The van der Waals surface area contributed by atoms with E-state index in [-0.39, 0.29) is 24.8 Å². The molecule has 2 aromatic rings.